The zero-order valence-electron chi connectivity index (χ0n) is 12.5. The Morgan fingerprint density at radius 2 is 1.95 bits per heavy atom. The van der Waals surface area contributed by atoms with Crippen LogP contribution < -0.4 is 15.0 Å². The van der Waals surface area contributed by atoms with Crippen molar-refractivity contribution < 1.29 is 4.74 Å². The Morgan fingerprint density at radius 3 is 2.52 bits per heavy atom. The predicted octanol–water partition coefficient (Wildman–Crippen LogP) is 3.32. The molecule has 1 heterocycles. The van der Waals surface area contributed by atoms with Gasteiger partial charge in [-0.2, -0.15) is 0 Å². The van der Waals surface area contributed by atoms with Crippen LogP contribution in [0.4, 0.5) is 11.5 Å². The fraction of sp³-hybridized carbons (Fsp3) is 0.235. The van der Waals surface area contributed by atoms with Crippen LogP contribution in [0.5, 0.6) is 5.75 Å². The lowest BCUT2D eigenvalue weighted by atomic mass is 10.2. The number of anilines is 2. The fourth-order valence-electron chi connectivity index (χ4n) is 1.82. The summed E-state index contributed by atoms with van der Waals surface area (Å²) in [5.74, 6) is 1.81. The third-order valence-corrected chi connectivity index (χ3v) is 2.99. The topological polar surface area (TPSA) is 37.4 Å². The zero-order chi connectivity index (χ0) is 15.1. The maximum absolute atomic E-state index is 5.46. The Hall–Kier alpha value is -2.49. The second kappa shape index (κ2) is 7.33. The summed E-state index contributed by atoms with van der Waals surface area (Å²) in [6.45, 7) is 4.91. The molecule has 1 aromatic heterocycles. The van der Waals surface area contributed by atoms with E-state index in [4.69, 9.17) is 4.74 Å². The summed E-state index contributed by atoms with van der Waals surface area (Å²) in [6.07, 6.45) is 3.58. The smallest absolute Gasteiger partial charge is 0.128 e. The molecule has 0 amide bonds. The molecule has 0 aliphatic rings. The third kappa shape index (κ3) is 4.53. The average molecular weight is 283 g/mol. The first-order valence-corrected chi connectivity index (χ1v) is 6.89. The molecule has 0 fully saturated rings. The number of pyridine rings is 1. The Balaban J connectivity index is 1.88. The van der Waals surface area contributed by atoms with Gasteiger partial charge in [0, 0.05) is 20.6 Å². The van der Waals surface area contributed by atoms with Gasteiger partial charge in [0.05, 0.1) is 11.9 Å². The maximum atomic E-state index is 5.46. The summed E-state index contributed by atoms with van der Waals surface area (Å²) in [5, 5.41) is 3.35. The van der Waals surface area contributed by atoms with Crippen LogP contribution in [-0.4, -0.2) is 25.7 Å². The number of hydrogen-bond acceptors (Lipinski definition) is 4. The van der Waals surface area contributed by atoms with E-state index in [0.29, 0.717) is 6.61 Å². The molecule has 0 atom stereocenters. The van der Waals surface area contributed by atoms with Crippen LogP contribution in [0.2, 0.25) is 0 Å². The van der Waals surface area contributed by atoms with Crippen molar-refractivity contribution >= 4 is 11.5 Å². The minimum atomic E-state index is 0.529. The van der Waals surface area contributed by atoms with Crippen LogP contribution in [-0.2, 0) is 6.54 Å². The lowest BCUT2D eigenvalue weighted by Gasteiger charge is -2.12. The Labute approximate surface area is 126 Å². The molecule has 1 aromatic carbocycles. The SMILES string of the molecule is C=CCOc1ccc(CNc2ccc(N(C)C)nc2)cc1. The summed E-state index contributed by atoms with van der Waals surface area (Å²) < 4.78 is 5.46. The molecule has 1 N–H and O–H groups in total. The quantitative estimate of drug-likeness (QED) is 0.791. The third-order valence-electron chi connectivity index (χ3n) is 2.99. The highest BCUT2D eigenvalue weighted by molar-refractivity contribution is 5.48. The summed E-state index contributed by atoms with van der Waals surface area (Å²) in [6, 6.07) is 12.1. The molecule has 0 aliphatic heterocycles. The van der Waals surface area contributed by atoms with Crippen LogP contribution in [0.3, 0.4) is 0 Å². The summed E-state index contributed by atoms with van der Waals surface area (Å²) in [4.78, 5) is 6.35. The van der Waals surface area contributed by atoms with Gasteiger partial charge in [0.15, 0.2) is 0 Å². The van der Waals surface area contributed by atoms with Gasteiger partial charge in [0.25, 0.3) is 0 Å². The van der Waals surface area contributed by atoms with Gasteiger partial charge < -0.3 is 15.0 Å². The molecule has 4 nitrogen and oxygen atoms in total. The summed E-state index contributed by atoms with van der Waals surface area (Å²) in [5.41, 5.74) is 2.20. The van der Waals surface area contributed by atoms with E-state index in [9.17, 15) is 0 Å². The first-order valence-electron chi connectivity index (χ1n) is 6.89. The van der Waals surface area contributed by atoms with Gasteiger partial charge in [-0.3, -0.25) is 0 Å². The highest BCUT2D eigenvalue weighted by Crippen LogP contribution is 2.15. The molecule has 0 radical (unpaired) electrons. The van der Waals surface area contributed by atoms with Gasteiger partial charge in [0.1, 0.15) is 18.2 Å². The molecule has 21 heavy (non-hydrogen) atoms. The number of rotatable bonds is 7. The Morgan fingerprint density at radius 1 is 1.19 bits per heavy atom. The van der Waals surface area contributed by atoms with Crippen LogP contribution >= 0.6 is 0 Å². The number of hydrogen-bond donors (Lipinski definition) is 1. The highest BCUT2D eigenvalue weighted by atomic mass is 16.5. The van der Waals surface area contributed by atoms with Crippen molar-refractivity contribution in [3.05, 3.63) is 60.8 Å². The first-order chi connectivity index (χ1) is 10.2. The first kappa shape index (κ1) is 14.9. The molecular formula is C17H21N3O. The Kier molecular flexibility index (Phi) is 5.21. The van der Waals surface area contributed by atoms with Crippen LogP contribution in [0.1, 0.15) is 5.56 Å². The standard InChI is InChI=1S/C17H21N3O/c1-4-11-21-16-8-5-14(6-9-16)12-18-15-7-10-17(19-13-15)20(2)3/h4-10,13,18H,1,11-12H2,2-3H3. The lowest BCUT2D eigenvalue weighted by Crippen LogP contribution is -2.10. The van der Waals surface area contributed by atoms with E-state index in [1.165, 1.54) is 5.56 Å². The van der Waals surface area contributed by atoms with Crippen molar-refractivity contribution in [1.82, 2.24) is 4.98 Å². The normalized spacial score (nSPS) is 10.0. The second-order valence-corrected chi connectivity index (χ2v) is 4.90. The predicted molar refractivity (Wildman–Crippen MR) is 88.0 cm³/mol. The van der Waals surface area contributed by atoms with E-state index < -0.39 is 0 Å². The van der Waals surface area contributed by atoms with Crippen LogP contribution in [0, 0.1) is 0 Å². The molecule has 0 saturated heterocycles. The van der Waals surface area contributed by atoms with Gasteiger partial charge in [-0.1, -0.05) is 24.8 Å². The molecule has 0 aliphatic carbocycles. The molecular weight excluding hydrogens is 262 g/mol. The zero-order valence-corrected chi connectivity index (χ0v) is 12.5. The van der Waals surface area contributed by atoms with Gasteiger partial charge >= 0.3 is 0 Å². The molecule has 4 heteroatoms. The van der Waals surface area contributed by atoms with Crippen molar-refractivity contribution in [3.8, 4) is 5.75 Å². The van der Waals surface area contributed by atoms with Crippen LogP contribution in [0.25, 0.3) is 0 Å². The van der Waals surface area contributed by atoms with Gasteiger partial charge in [0.2, 0.25) is 0 Å². The van der Waals surface area contributed by atoms with E-state index in [0.717, 1.165) is 23.8 Å². The number of benzene rings is 1. The van der Waals surface area contributed by atoms with E-state index in [2.05, 4.69) is 16.9 Å². The molecule has 0 spiro atoms. The number of nitrogens with one attached hydrogen (secondary N) is 1. The van der Waals surface area contributed by atoms with Crippen molar-refractivity contribution in [3.63, 3.8) is 0 Å². The molecule has 110 valence electrons. The van der Waals surface area contributed by atoms with Gasteiger partial charge in [-0.05, 0) is 29.8 Å². The Bertz CT molecular complexity index is 562. The van der Waals surface area contributed by atoms with E-state index >= 15 is 0 Å². The highest BCUT2D eigenvalue weighted by Gasteiger charge is 1.99. The van der Waals surface area contributed by atoms with Crippen molar-refractivity contribution in [2.24, 2.45) is 0 Å². The molecule has 0 bridgehead atoms. The average Bonchev–Trinajstić information content (AvgIpc) is 2.52. The van der Waals surface area contributed by atoms with Crippen molar-refractivity contribution in [1.29, 1.82) is 0 Å². The molecule has 2 rings (SSSR count). The van der Waals surface area contributed by atoms with E-state index in [1.54, 1.807) is 6.08 Å². The minimum absolute atomic E-state index is 0.529. The molecule has 2 aromatic rings. The van der Waals surface area contributed by atoms with Crippen molar-refractivity contribution in [2.45, 2.75) is 6.54 Å². The van der Waals surface area contributed by atoms with E-state index in [1.807, 2.05) is 61.6 Å². The number of nitrogens with zero attached hydrogens (tertiary/aromatic N) is 2. The monoisotopic (exact) mass is 283 g/mol. The maximum Gasteiger partial charge on any atom is 0.128 e. The van der Waals surface area contributed by atoms with E-state index in [-0.39, 0.29) is 0 Å². The van der Waals surface area contributed by atoms with Gasteiger partial charge in [-0.25, -0.2) is 4.98 Å². The molecule has 0 unspecified atom stereocenters. The lowest BCUT2D eigenvalue weighted by molar-refractivity contribution is 0.363. The van der Waals surface area contributed by atoms with Crippen LogP contribution in [0.15, 0.2) is 55.3 Å². The number of aromatic nitrogens is 1. The fourth-order valence-corrected chi connectivity index (χ4v) is 1.82. The van der Waals surface area contributed by atoms with Gasteiger partial charge in [-0.15, -0.1) is 0 Å². The van der Waals surface area contributed by atoms with Crippen molar-refractivity contribution in [2.75, 3.05) is 30.9 Å². The summed E-state index contributed by atoms with van der Waals surface area (Å²) >= 11 is 0. The number of ether oxygens (including phenoxy) is 1. The second-order valence-electron chi connectivity index (χ2n) is 4.90. The minimum Gasteiger partial charge on any atom is -0.490 e. The largest absolute Gasteiger partial charge is 0.490 e. The summed E-state index contributed by atoms with van der Waals surface area (Å²) in [7, 11) is 3.96. The molecule has 0 saturated carbocycles.